The van der Waals surface area contributed by atoms with Gasteiger partial charge in [0.05, 0.1) is 0 Å². The quantitative estimate of drug-likeness (QED) is 0.281. The van der Waals surface area contributed by atoms with Gasteiger partial charge < -0.3 is 24.8 Å². The van der Waals surface area contributed by atoms with Gasteiger partial charge in [-0.05, 0) is 0 Å². The SMILES string of the molecule is CC1=CC(c2c3c(ccc2=C(c2ccccc2)c2ccccc2)=c2ccccc2=[C]3[Zr+2])c2ccccc21.[Cl-].[Cl-]. The summed E-state index contributed by atoms with van der Waals surface area (Å²) in [6, 6.07) is 44.5. The van der Waals surface area contributed by atoms with E-state index in [1.54, 1.807) is 0 Å². The van der Waals surface area contributed by atoms with E-state index in [1.807, 2.05) is 0 Å². The summed E-state index contributed by atoms with van der Waals surface area (Å²) in [6.07, 6.45) is 2.49. The molecule has 3 heteroatoms. The van der Waals surface area contributed by atoms with Gasteiger partial charge in [0, 0.05) is 0 Å². The van der Waals surface area contributed by atoms with Crippen molar-refractivity contribution in [3.05, 3.63) is 182 Å². The molecule has 1 atom stereocenters. The van der Waals surface area contributed by atoms with Crippen molar-refractivity contribution < 1.29 is 49.5 Å². The monoisotopic (exact) mass is 617 g/mol. The zero-order chi connectivity index (χ0) is 24.9. The Kier molecular flexibility index (Phi) is 7.97. The first-order valence-corrected chi connectivity index (χ1v) is 14.1. The van der Waals surface area contributed by atoms with Gasteiger partial charge in [-0.15, -0.1) is 0 Å². The minimum Gasteiger partial charge on any atom is -1.00 e. The summed E-state index contributed by atoms with van der Waals surface area (Å²) < 4.78 is 1.46. The third kappa shape index (κ3) is 4.52. The van der Waals surface area contributed by atoms with Crippen molar-refractivity contribution >= 4 is 14.4 Å². The van der Waals surface area contributed by atoms with Gasteiger partial charge in [0.25, 0.3) is 0 Å². The Bertz CT molecular complexity index is 1900. The van der Waals surface area contributed by atoms with E-state index >= 15 is 0 Å². The van der Waals surface area contributed by atoms with Crippen molar-refractivity contribution in [2.75, 3.05) is 0 Å². The second kappa shape index (κ2) is 11.3. The van der Waals surface area contributed by atoms with Crippen LogP contribution in [0.2, 0.25) is 0 Å². The van der Waals surface area contributed by atoms with Gasteiger partial charge in [-0.3, -0.25) is 0 Å². The molecule has 39 heavy (non-hydrogen) atoms. The molecule has 0 fully saturated rings. The first-order chi connectivity index (χ1) is 18.2. The number of halogens is 2. The van der Waals surface area contributed by atoms with Gasteiger partial charge in [0.2, 0.25) is 0 Å². The summed E-state index contributed by atoms with van der Waals surface area (Å²) in [5, 5.41) is 5.46. The average Bonchev–Trinajstić information content (AvgIpc) is 3.44. The van der Waals surface area contributed by atoms with E-state index in [0.717, 1.165) is 0 Å². The molecule has 0 aliphatic heterocycles. The van der Waals surface area contributed by atoms with Crippen LogP contribution in [0.25, 0.3) is 14.4 Å². The first-order valence-electron chi connectivity index (χ1n) is 12.8. The number of fused-ring (bicyclic) bond motifs is 3. The molecule has 5 aromatic carbocycles. The van der Waals surface area contributed by atoms with Gasteiger partial charge in [-0.25, -0.2) is 0 Å². The average molecular weight is 620 g/mol. The van der Waals surface area contributed by atoms with Crippen LogP contribution in [0.3, 0.4) is 0 Å². The molecule has 1 unspecified atom stereocenters. The van der Waals surface area contributed by atoms with Crippen LogP contribution in [0.5, 0.6) is 0 Å². The molecule has 0 amide bonds. The molecule has 0 spiro atoms. The van der Waals surface area contributed by atoms with E-state index in [1.165, 1.54) is 93.4 Å². The molecule has 0 nitrogen and oxygen atoms in total. The van der Waals surface area contributed by atoms with Crippen molar-refractivity contribution in [3.63, 3.8) is 0 Å². The van der Waals surface area contributed by atoms with Crippen molar-refractivity contribution in [1.82, 2.24) is 0 Å². The fourth-order valence-corrected chi connectivity index (χ4v) is 7.41. The molecule has 0 saturated carbocycles. The number of rotatable bonds is 3. The molecule has 7 rings (SSSR count). The van der Waals surface area contributed by atoms with E-state index in [2.05, 4.69) is 134 Å². The zero-order valence-electron chi connectivity index (χ0n) is 21.5. The Hall–Kier alpha value is -2.96. The van der Waals surface area contributed by atoms with Crippen LogP contribution in [0.15, 0.2) is 127 Å². The van der Waals surface area contributed by atoms with Gasteiger partial charge in [0.1, 0.15) is 0 Å². The zero-order valence-corrected chi connectivity index (χ0v) is 25.4. The van der Waals surface area contributed by atoms with Crippen molar-refractivity contribution in [2.45, 2.75) is 12.8 Å². The molecule has 2 aliphatic carbocycles. The van der Waals surface area contributed by atoms with Gasteiger partial charge in [-0.1, -0.05) is 0 Å². The standard InChI is InChI=1S/C36H25.2ClH.Zr/c1-24-22-33(30-19-11-10-17-28(24)30)36-32(21-20-31-29-18-9-8-16-27(29)23-34(31)36)35(25-12-4-2-5-13-25)26-14-6-3-7-15-26;;;/h2-22,33H,1H3;2*1H;/q;;;+2/p-2. The molecule has 2 aliphatic rings. The summed E-state index contributed by atoms with van der Waals surface area (Å²) in [5.74, 6) is 0.216. The molecule has 187 valence electrons. The van der Waals surface area contributed by atoms with Crippen LogP contribution >= 0.6 is 0 Å². The van der Waals surface area contributed by atoms with Crippen molar-refractivity contribution in [1.29, 1.82) is 0 Å². The van der Waals surface area contributed by atoms with Crippen molar-refractivity contribution in [3.8, 4) is 0 Å². The Balaban J connectivity index is 0.00000154. The predicted molar refractivity (Wildman–Crippen MR) is 149 cm³/mol. The van der Waals surface area contributed by atoms with Crippen LogP contribution in [-0.2, 0) is 24.7 Å². The maximum Gasteiger partial charge on any atom is -1.00 e. The summed E-state index contributed by atoms with van der Waals surface area (Å²) in [7, 11) is 0. The second-order valence-electron chi connectivity index (χ2n) is 9.89. The molecular formula is C36H25Cl2Zr. The third-order valence-corrected chi connectivity index (χ3v) is 9.10. The largest absolute Gasteiger partial charge is 1.00 e. The topological polar surface area (TPSA) is 0 Å². The fourth-order valence-electron chi connectivity index (χ4n) is 6.21. The minimum absolute atomic E-state index is 0. The van der Waals surface area contributed by atoms with Gasteiger partial charge >= 0.3 is 234 Å². The number of benzene rings is 5. The number of hydrogen-bond donors (Lipinski definition) is 0. The van der Waals surface area contributed by atoms with E-state index in [-0.39, 0.29) is 30.7 Å². The molecule has 0 aromatic heterocycles. The minimum atomic E-state index is 0. The molecule has 0 saturated heterocycles. The van der Waals surface area contributed by atoms with Gasteiger partial charge in [-0.2, -0.15) is 0 Å². The molecule has 5 aromatic rings. The van der Waals surface area contributed by atoms with Crippen LogP contribution in [0, 0.1) is 10.4 Å². The van der Waals surface area contributed by atoms with Crippen LogP contribution in [0.4, 0.5) is 0 Å². The normalized spacial score (nSPS) is 14.4. The first kappa shape index (κ1) is 27.6. The molecule has 0 N–H and O–H groups in total. The van der Waals surface area contributed by atoms with Crippen LogP contribution in [0.1, 0.15) is 46.2 Å². The smallest absolute Gasteiger partial charge is 1.00 e. The predicted octanol–water partition coefficient (Wildman–Crippen LogP) is 0.794. The van der Waals surface area contributed by atoms with E-state index < -0.39 is 0 Å². The van der Waals surface area contributed by atoms with E-state index in [0.29, 0.717) is 0 Å². The molecular weight excluding hydrogens is 595 g/mol. The summed E-state index contributed by atoms with van der Waals surface area (Å²) in [5.41, 5.74) is 10.8. The molecule has 0 heterocycles. The Morgan fingerprint density at radius 2 is 1.15 bits per heavy atom. The third-order valence-electron chi connectivity index (χ3n) is 7.82. The Morgan fingerprint density at radius 3 is 1.82 bits per heavy atom. The van der Waals surface area contributed by atoms with E-state index in [4.69, 9.17) is 0 Å². The summed E-state index contributed by atoms with van der Waals surface area (Å²) in [4.78, 5) is 0. The molecule has 0 radical (unpaired) electrons. The Labute approximate surface area is 256 Å². The fraction of sp³-hybridized carbons (Fsp3) is 0.0556. The maximum absolute atomic E-state index is 2.49. The number of allylic oxidation sites excluding steroid dienone is 2. The summed E-state index contributed by atoms with van der Waals surface area (Å²) in [6.45, 7) is 2.26. The molecule has 0 bridgehead atoms. The Morgan fingerprint density at radius 1 is 0.590 bits per heavy atom. The van der Waals surface area contributed by atoms with Crippen molar-refractivity contribution in [2.24, 2.45) is 0 Å². The van der Waals surface area contributed by atoms with Gasteiger partial charge in [0.15, 0.2) is 0 Å². The second-order valence-corrected chi connectivity index (χ2v) is 11.1. The summed E-state index contributed by atoms with van der Waals surface area (Å²) >= 11 is 1.46. The van der Waals surface area contributed by atoms with Crippen LogP contribution < -0.4 is 35.3 Å². The number of hydrogen-bond acceptors (Lipinski definition) is 0. The van der Waals surface area contributed by atoms with Crippen LogP contribution in [-0.4, -0.2) is 0 Å². The van der Waals surface area contributed by atoms with E-state index in [9.17, 15) is 0 Å². The maximum atomic E-state index is 2.49.